The number of nitrogens with zero attached hydrogens (tertiary/aromatic N) is 4. The Morgan fingerprint density at radius 1 is 0.941 bits per heavy atom. The molecule has 0 radical (unpaired) electrons. The van der Waals surface area contributed by atoms with E-state index in [2.05, 4.69) is 21.0 Å². The van der Waals surface area contributed by atoms with Crippen LogP contribution in [-0.4, -0.2) is 70.4 Å². The van der Waals surface area contributed by atoms with Crippen LogP contribution in [0.3, 0.4) is 0 Å². The van der Waals surface area contributed by atoms with Crippen molar-refractivity contribution in [3.8, 4) is 17.1 Å². The zero-order valence-corrected chi connectivity index (χ0v) is 19.9. The largest absolute Gasteiger partial charge is 0.508 e. The number of hydrogen-bond acceptors (Lipinski definition) is 6. The highest BCUT2D eigenvalue weighted by molar-refractivity contribution is 5.91. The van der Waals surface area contributed by atoms with Crippen LogP contribution in [0.4, 0.5) is 5.82 Å². The van der Waals surface area contributed by atoms with Crippen molar-refractivity contribution in [2.75, 3.05) is 44.3 Å². The highest BCUT2D eigenvalue weighted by Gasteiger charge is 2.29. The smallest absolute Gasteiger partial charge is 0.162 e. The third-order valence-corrected chi connectivity index (χ3v) is 8.01. The molecule has 7 heteroatoms. The van der Waals surface area contributed by atoms with Gasteiger partial charge in [0.05, 0.1) is 18.7 Å². The standard InChI is InChI=1S/C27H35N5O2/c33-22-8-4-5-20(17-22)26-29-24-23(18-28-25(24)27(30-26)32-13-15-34-16-14-32)19-9-11-31(12-10-19)21-6-2-1-3-7-21/h4-5,8,17-19,21,28,33H,1-3,6-7,9-16H2. The highest BCUT2D eigenvalue weighted by atomic mass is 16.5. The number of likely N-dealkylation sites (tertiary alicyclic amines) is 1. The van der Waals surface area contributed by atoms with E-state index in [1.807, 2.05) is 12.1 Å². The molecular weight excluding hydrogens is 426 g/mol. The van der Waals surface area contributed by atoms with E-state index >= 15 is 0 Å². The van der Waals surface area contributed by atoms with Crippen molar-refractivity contribution in [3.05, 3.63) is 36.0 Å². The average Bonchev–Trinajstić information content (AvgIpc) is 3.33. The van der Waals surface area contributed by atoms with Crippen LogP contribution in [0.15, 0.2) is 30.5 Å². The number of morpholine rings is 1. The van der Waals surface area contributed by atoms with Crippen molar-refractivity contribution in [1.29, 1.82) is 0 Å². The first kappa shape index (κ1) is 21.9. The zero-order chi connectivity index (χ0) is 22.9. The maximum atomic E-state index is 10.1. The maximum Gasteiger partial charge on any atom is 0.162 e. The number of phenols is 1. The van der Waals surface area contributed by atoms with Gasteiger partial charge in [0.2, 0.25) is 0 Å². The van der Waals surface area contributed by atoms with Crippen LogP contribution in [0.2, 0.25) is 0 Å². The molecule has 4 heterocycles. The van der Waals surface area contributed by atoms with Gasteiger partial charge in [0, 0.05) is 30.9 Å². The molecule has 34 heavy (non-hydrogen) atoms. The third-order valence-electron chi connectivity index (χ3n) is 8.01. The Kier molecular flexibility index (Phi) is 6.14. The van der Waals surface area contributed by atoms with Crippen LogP contribution in [0.25, 0.3) is 22.4 Å². The number of benzene rings is 1. The molecule has 1 aromatic carbocycles. The van der Waals surface area contributed by atoms with Crippen LogP contribution >= 0.6 is 0 Å². The van der Waals surface area contributed by atoms with Gasteiger partial charge >= 0.3 is 0 Å². The molecule has 0 bridgehead atoms. The summed E-state index contributed by atoms with van der Waals surface area (Å²) in [6, 6.07) is 8.06. The van der Waals surface area contributed by atoms with Crippen molar-refractivity contribution in [2.24, 2.45) is 0 Å². The van der Waals surface area contributed by atoms with E-state index < -0.39 is 0 Å². The molecule has 180 valence electrons. The molecule has 1 saturated carbocycles. The molecule has 0 unspecified atom stereocenters. The van der Waals surface area contributed by atoms with Crippen molar-refractivity contribution in [1.82, 2.24) is 19.9 Å². The van der Waals surface area contributed by atoms with Gasteiger partial charge in [-0.25, -0.2) is 9.97 Å². The summed E-state index contributed by atoms with van der Waals surface area (Å²) in [4.78, 5) is 18.6. The molecule has 1 aliphatic carbocycles. The SMILES string of the molecule is Oc1cccc(-c2nc(N3CCOCC3)c3[nH]cc(C4CCN(C5CCCCC5)CC4)c3n2)c1. The van der Waals surface area contributed by atoms with Gasteiger partial charge in [-0.1, -0.05) is 31.4 Å². The first-order chi connectivity index (χ1) is 16.8. The van der Waals surface area contributed by atoms with Gasteiger partial charge in [-0.05, 0) is 62.4 Å². The summed E-state index contributed by atoms with van der Waals surface area (Å²) in [6.07, 6.45) is 11.5. The molecule has 2 saturated heterocycles. The average molecular weight is 462 g/mol. The van der Waals surface area contributed by atoms with E-state index in [-0.39, 0.29) is 5.75 Å². The number of aromatic hydroxyl groups is 1. The second-order valence-electron chi connectivity index (χ2n) is 10.1. The lowest BCUT2D eigenvalue weighted by molar-refractivity contribution is 0.122. The third kappa shape index (κ3) is 4.27. The van der Waals surface area contributed by atoms with Gasteiger partial charge in [0.1, 0.15) is 11.3 Å². The molecule has 0 amide bonds. The Bertz CT molecular complexity index is 1130. The Morgan fingerprint density at radius 3 is 2.50 bits per heavy atom. The summed E-state index contributed by atoms with van der Waals surface area (Å²) >= 11 is 0. The van der Waals surface area contributed by atoms with E-state index in [9.17, 15) is 5.11 Å². The predicted molar refractivity (Wildman–Crippen MR) is 134 cm³/mol. The molecule has 2 aliphatic heterocycles. The van der Waals surface area contributed by atoms with Gasteiger partial charge in [-0.15, -0.1) is 0 Å². The number of piperidine rings is 1. The van der Waals surface area contributed by atoms with Gasteiger partial charge in [0.25, 0.3) is 0 Å². The fourth-order valence-electron chi connectivity index (χ4n) is 6.12. The number of anilines is 1. The fourth-order valence-corrected chi connectivity index (χ4v) is 6.12. The van der Waals surface area contributed by atoms with E-state index in [1.165, 1.54) is 63.6 Å². The van der Waals surface area contributed by atoms with Crippen LogP contribution < -0.4 is 4.90 Å². The molecule has 7 nitrogen and oxygen atoms in total. The zero-order valence-electron chi connectivity index (χ0n) is 19.9. The minimum Gasteiger partial charge on any atom is -0.508 e. The second kappa shape index (κ2) is 9.55. The van der Waals surface area contributed by atoms with E-state index in [0.29, 0.717) is 25.0 Å². The predicted octanol–water partition coefficient (Wildman–Crippen LogP) is 4.68. The number of aromatic amines is 1. The van der Waals surface area contributed by atoms with Gasteiger partial charge < -0.3 is 24.6 Å². The minimum atomic E-state index is 0.235. The normalized spacial score (nSPS) is 21.4. The number of fused-ring (bicyclic) bond motifs is 1. The Hall–Kier alpha value is -2.64. The van der Waals surface area contributed by atoms with Crippen molar-refractivity contribution >= 4 is 16.9 Å². The van der Waals surface area contributed by atoms with Crippen molar-refractivity contribution < 1.29 is 9.84 Å². The van der Waals surface area contributed by atoms with Gasteiger partial charge in [-0.2, -0.15) is 0 Å². The van der Waals surface area contributed by atoms with Crippen LogP contribution in [0, 0.1) is 0 Å². The number of H-pyrrole nitrogens is 1. The summed E-state index contributed by atoms with van der Waals surface area (Å²) in [7, 11) is 0. The van der Waals surface area contributed by atoms with Gasteiger partial charge in [0.15, 0.2) is 11.6 Å². The molecular formula is C27H35N5O2. The summed E-state index contributed by atoms with van der Waals surface area (Å²) < 4.78 is 5.59. The van der Waals surface area contributed by atoms with Crippen molar-refractivity contribution in [2.45, 2.75) is 56.9 Å². The molecule has 0 spiro atoms. The monoisotopic (exact) mass is 461 g/mol. The van der Waals surface area contributed by atoms with Gasteiger partial charge in [-0.3, -0.25) is 0 Å². The van der Waals surface area contributed by atoms with E-state index in [4.69, 9.17) is 14.7 Å². The minimum absolute atomic E-state index is 0.235. The Labute approximate surface area is 201 Å². The molecule has 2 aromatic heterocycles. The van der Waals surface area contributed by atoms with Crippen LogP contribution in [0.5, 0.6) is 5.75 Å². The topological polar surface area (TPSA) is 77.5 Å². The van der Waals surface area contributed by atoms with Crippen LogP contribution in [0.1, 0.15) is 56.4 Å². The molecule has 3 aromatic rings. The fraction of sp³-hybridized carbons (Fsp3) is 0.556. The Balaban J connectivity index is 1.33. The number of phenolic OH excluding ortho intramolecular Hbond substituents is 1. The number of aromatic nitrogens is 3. The summed E-state index contributed by atoms with van der Waals surface area (Å²) in [5.74, 6) is 2.36. The number of nitrogens with one attached hydrogen (secondary N) is 1. The molecule has 2 N–H and O–H groups in total. The molecule has 3 fully saturated rings. The summed E-state index contributed by atoms with van der Waals surface area (Å²) in [6.45, 7) is 5.42. The number of hydrogen-bond donors (Lipinski definition) is 2. The maximum absolute atomic E-state index is 10.1. The van der Waals surface area contributed by atoms with Crippen molar-refractivity contribution in [3.63, 3.8) is 0 Å². The first-order valence-electron chi connectivity index (χ1n) is 13.0. The lowest BCUT2D eigenvalue weighted by Gasteiger charge is -2.39. The summed E-state index contributed by atoms with van der Waals surface area (Å²) in [5.41, 5.74) is 4.22. The molecule has 0 atom stereocenters. The Morgan fingerprint density at radius 2 is 1.74 bits per heavy atom. The molecule has 3 aliphatic rings. The van der Waals surface area contributed by atoms with E-state index in [1.54, 1.807) is 12.1 Å². The van der Waals surface area contributed by atoms with Crippen LogP contribution in [-0.2, 0) is 4.74 Å². The first-order valence-corrected chi connectivity index (χ1v) is 13.0. The number of rotatable bonds is 4. The number of ether oxygens (including phenoxy) is 1. The summed E-state index contributed by atoms with van der Waals surface area (Å²) in [5, 5.41) is 10.1. The molecule has 6 rings (SSSR count). The quantitative estimate of drug-likeness (QED) is 0.588. The van der Waals surface area contributed by atoms with E-state index in [0.717, 1.165) is 41.5 Å². The second-order valence-corrected chi connectivity index (χ2v) is 10.1. The highest BCUT2D eigenvalue weighted by Crippen LogP contribution is 2.38. The lowest BCUT2D eigenvalue weighted by atomic mass is 9.87. The lowest BCUT2D eigenvalue weighted by Crippen LogP contribution is -2.41.